The molecule has 0 aliphatic carbocycles. The van der Waals surface area contributed by atoms with E-state index in [2.05, 4.69) is 53.9 Å². The van der Waals surface area contributed by atoms with Crippen LogP contribution in [0, 0.1) is 13.8 Å². The third kappa shape index (κ3) is 5.48. The number of morpholine rings is 1. The van der Waals surface area contributed by atoms with Crippen molar-refractivity contribution in [2.45, 2.75) is 13.8 Å². The standard InChI is InChI=1S/C22H24ClN7O/c1-15-7-8-16(2)19(13-15)25-20-26-21(28-22(27-20)30-9-11-31-12-10-30)29-24-14-17-5-3-4-6-18(17)23/h3-8,13-14H,9-12H2,1-2H3,(H2,25,26,27,28,29). The molecule has 0 radical (unpaired) electrons. The van der Waals surface area contributed by atoms with Gasteiger partial charge in [0, 0.05) is 29.4 Å². The van der Waals surface area contributed by atoms with Crippen LogP contribution in [0.3, 0.4) is 0 Å². The Morgan fingerprint density at radius 3 is 2.61 bits per heavy atom. The number of hydrogen-bond acceptors (Lipinski definition) is 8. The van der Waals surface area contributed by atoms with Gasteiger partial charge in [-0.1, -0.05) is 41.9 Å². The van der Waals surface area contributed by atoms with Gasteiger partial charge in [-0.2, -0.15) is 20.1 Å². The molecule has 1 aliphatic heterocycles. The first kappa shape index (κ1) is 21.0. The number of halogens is 1. The van der Waals surface area contributed by atoms with Gasteiger partial charge >= 0.3 is 0 Å². The normalized spacial score (nSPS) is 14.1. The fraction of sp³-hybridized carbons (Fsp3) is 0.273. The quantitative estimate of drug-likeness (QED) is 0.442. The number of hydrogen-bond donors (Lipinski definition) is 2. The summed E-state index contributed by atoms with van der Waals surface area (Å²) in [6.45, 7) is 6.80. The lowest BCUT2D eigenvalue weighted by Gasteiger charge is -2.27. The second-order valence-corrected chi connectivity index (χ2v) is 7.62. The molecule has 9 heteroatoms. The van der Waals surface area contributed by atoms with Gasteiger partial charge in [0.05, 0.1) is 19.4 Å². The molecule has 1 aliphatic rings. The van der Waals surface area contributed by atoms with Crippen LogP contribution >= 0.6 is 11.6 Å². The van der Waals surface area contributed by atoms with Gasteiger partial charge in [0.1, 0.15) is 0 Å². The summed E-state index contributed by atoms with van der Waals surface area (Å²) in [7, 11) is 0. The van der Waals surface area contributed by atoms with E-state index in [1.165, 1.54) is 0 Å². The topological polar surface area (TPSA) is 87.6 Å². The Labute approximate surface area is 186 Å². The Bertz CT molecular complexity index is 1080. The summed E-state index contributed by atoms with van der Waals surface area (Å²) in [6.07, 6.45) is 1.64. The minimum atomic E-state index is 0.340. The van der Waals surface area contributed by atoms with E-state index in [4.69, 9.17) is 16.3 Å². The first-order valence-electron chi connectivity index (χ1n) is 10.0. The molecule has 2 aromatic carbocycles. The molecule has 1 saturated heterocycles. The van der Waals surface area contributed by atoms with E-state index in [1.807, 2.05) is 38.1 Å². The molecular weight excluding hydrogens is 414 g/mol. The maximum atomic E-state index is 6.19. The van der Waals surface area contributed by atoms with Crippen molar-refractivity contribution in [3.63, 3.8) is 0 Å². The molecule has 0 atom stereocenters. The van der Waals surface area contributed by atoms with Gasteiger partial charge in [0.15, 0.2) is 0 Å². The van der Waals surface area contributed by atoms with E-state index >= 15 is 0 Å². The molecule has 0 saturated carbocycles. The molecule has 1 aromatic heterocycles. The van der Waals surface area contributed by atoms with Crippen LogP contribution < -0.4 is 15.6 Å². The van der Waals surface area contributed by atoms with Crippen molar-refractivity contribution in [3.05, 3.63) is 64.2 Å². The second kappa shape index (κ2) is 9.72. The van der Waals surface area contributed by atoms with Crippen molar-refractivity contribution in [2.24, 2.45) is 5.10 Å². The van der Waals surface area contributed by atoms with Gasteiger partial charge < -0.3 is 15.0 Å². The maximum Gasteiger partial charge on any atom is 0.250 e. The molecule has 0 bridgehead atoms. The average Bonchev–Trinajstić information content (AvgIpc) is 2.78. The second-order valence-electron chi connectivity index (χ2n) is 7.22. The molecule has 2 heterocycles. The number of aromatic nitrogens is 3. The lowest BCUT2D eigenvalue weighted by atomic mass is 10.1. The molecule has 4 rings (SSSR count). The Morgan fingerprint density at radius 2 is 1.81 bits per heavy atom. The molecule has 160 valence electrons. The number of rotatable bonds is 6. The lowest BCUT2D eigenvalue weighted by Crippen LogP contribution is -2.37. The number of benzene rings is 2. The minimum absolute atomic E-state index is 0.340. The molecular formula is C22H24ClN7O. The van der Waals surface area contributed by atoms with Crippen LogP contribution in [0.1, 0.15) is 16.7 Å². The monoisotopic (exact) mass is 437 g/mol. The zero-order valence-corrected chi connectivity index (χ0v) is 18.2. The summed E-state index contributed by atoms with van der Waals surface area (Å²) < 4.78 is 5.45. The highest BCUT2D eigenvalue weighted by molar-refractivity contribution is 6.33. The molecule has 0 spiro atoms. The Hall–Kier alpha value is -3.23. The van der Waals surface area contributed by atoms with E-state index in [0.29, 0.717) is 36.1 Å². The van der Waals surface area contributed by atoms with E-state index in [9.17, 15) is 0 Å². The van der Waals surface area contributed by atoms with E-state index in [0.717, 1.165) is 35.5 Å². The third-order valence-corrected chi connectivity index (χ3v) is 5.17. The predicted octanol–water partition coefficient (Wildman–Crippen LogP) is 4.17. The predicted molar refractivity (Wildman–Crippen MR) is 125 cm³/mol. The van der Waals surface area contributed by atoms with Crippen molar-refractivity contribution in [1.29, 1.82) is 0 Å². The Kier molecular flexibility index (Phi) is 6.59. The van der Waals surface area contributed by atoms with Crippen molar-refractivity contribution >= 4 is 41.3 Å². The van der Waals surface area contributed by atoms with Crippen molar-refractivity contribution in [1.82, 2.24) is 15.0 Å². The highest BCUT2D eigenvalue weighted by Crippen LogP contribution is 2.22. The zero-order chi connectivity index (χ0) is 21.6. The molecule has 8 nitrogen and oxygen atoms in total. The van der Waals surface area contributed by atoms with Crippen molar-refractivity contribution in [3.8, 4) is 0 Å². The number of nitrogens with one attached hydrogen (secondary N) is 2. The zero-order valence-electron chi connectivity index (χ0n) is 17.5. The first-order chi connectivity index (χ1) is 15.1. The van der Waals surface area contributed by atoms with Crippen molar-refractivity contribution in [2.75, 3.05) is 41.9 Å². The summed E-state index contributed by atoms with van der Waals surface area (Å²) in [5.74, 6) is 1.36. The fourth-order valence-corrected chi connectivity index (χ4v) is 3.29. The minimum Gasteiger partial charge on any atom is -0.378 e. The van der Waals surface area contributed by atoms with Crippen molar-refractivity contribution < 1.29 is 4.74 Å². The smallest absolute Gasteiger partial charge is 0.250 e. The summed E-state index contributed by atoms with van der Waals surface area (Å²) in [6, 6.07) is 13.7. The number of anilines is 4. The number of nitrogens with zero attached hydrogens (tertiary/aromatic N) is 5. The fourth-order valence-electron chi connectivity index (χ4n) is 3.11. The highest BCUT2D eigenvalue weighted by atomic mass is 35.5. The molecule has 0 amide bonds. The van der Waals surface area contributed by atoms with Crippen LogP contribution in [0.5, 0.6) is 0 Å². The van der Waals surface area contributed by atoms with Gasteiger partial charge in [-0.15, -0.1) is 0 Å². The summed E-state index contributed by atoms with van der Waals surface area (Å²) in [5, 5.41) is 8.19. The Balaban J connectivity index is 1.61. The van der Waals surface area contributed by atoms with E-state index < -0.39 is 0 Å². The van der Waals surface area contributed by atoms with Gasteiger partial charge in [0.2, 0.25) is 17.8 Å². The maximum absolute atomic E-state index is 6.19. The first-order valence-corrected chi connectivity index (χ1v) is 10.4. The molecule has 1 fully saturated rings. The summed E-state index contributed by atoms with van der Waals surface area (Å²) in [4.78, 5) is 15.7. The molecule has 2 N–H and O–H groups in total. The summed E-state index contributed by atoms with van der Waals surface area (Å²) in [5.41, 5.74) is 6.90. The SMILES string of the molecule is Cc1ccc(C)c(Nc2nc(NN=Cc3ccccc3Cl)nc(N3CCOCC3)n2)c1. The number of ether oxygens (including phenoxy) is 1. The van der Waals surface area contributed by atoms with Crippen LogP contribution in [0.4, 0.5) is 23.5 Å². The lowest BCUT2D eigenvalue weighted by molar-refractivity contribution is 0.122. The molecule has 0 unspecified atom stereocenters. The van der Waals surface area contributed by atoms with Crippen LogP contribution in [0.15, 0.2) is 47.6 Å². The van der Waals surface area contributed by atoms with Gasteiger partial charge in [0.25, 0.3) is 0 Å². The van der Waals surface area contributed by atoms with Gasteiger partial charge in [-0.3, -0.25) is 0 Å². The molecule has 3 aromatic rings. The number of hydrazone groups is 1. The van der Waals surface area contributed by atoms with Crippen LogP contribution in [-0.2, 0) is 4.74 Å². The van der Waals surface area contributed by atoms with Crippen LogP contribution in [-0.4, -0.2) is 47.5 Å². The largest absolute Gasteiger partial charge is 0.378 e. The highest BCUT2D eigenvalue weighted by Gasteiger charge is 2.17. The van der Waals surface area contributed by atoms with Crippen LogP contribution in [0.2, 0.25) is 5.02 Å². The van der Waals surface area contributed by atoms with Gasteiger partial charge in [-0.25, -0.2) is 5.43 Å². The van der Waals surface area contributed by atoms with Crippen LogP contribution in [0.25, 0.3) is 0 Å². The van der Waals surface area contributed by atoms with E-state index in [-0.39, 0.29) is 0 Å². The van der Waals surface area contributed by atoms with E-state index in [1.54, 1.807) is 6.21 Å². The number of aryl methyl sites for hydroxylation is 2. The molecule has 31 heavy (non-hydrogen) atoms. The Morgan fingerprint density at radius 1 is 1.03 bits per heavy atom. The third-order valence-electron chi connectivity index (χ3n) is 4.83. The summed E-state index contributed by atoms with van der Waals surface area (Å²) >= 11 is 6.19. The average molecular weight is 438 g/mol. The van der Waals surface area contributed by atoms with Gasteiger partial charge in [-0.05, 0) is 37.1 Å².